The Labute approximate surface area is 116 Å². The van der Waals surface area contributed by atoms with Crippen molar-refractivity contribution in [2.24, 2.45) is 0 Å². The molecule has 2 aromatic rings. The molecule has 0 spiro atoms. The maximum Gasteiger partial charge on any atom is 0.253 e. The van der Waals surface area contributed by atoms with Gasteiger partial charge >= 0.3 is 0 Å². The second-order valence-corrected chi connectivity index (χ2v) is 4.65. The maximum atomic E-state index is 12.3. The lowest BCUT2D eigenvalue weighted by Crippen LogP contribution is -2.38. The third kappa shape index (κ3) is 3.09. The minimum Gasteiger partial charge on any atom is -0.399 e. The largest absolute Gasteiger partial charge is 0.399 e. The lowest BCUT2D eigenvalue weighted by atomic mass is 10.1. The molecule has 1 amide bonds. The smallest absolute Gasteiger partial charge is 0.253 e. The number of aliphatic hydroxyl groups is 1. The number of hydrogen-bond donors (Lipinski definition) is 4. The number of carbonyl (C=O) groups excluding carboxylic acids is 1. The number of aromatic amines is 1. The molecular weight excluding hydrogens is 258 g/mol. The van der Waals surface area contributed by atoms with E-state index in [1.807, 2.05) is 6.07 Å². The summed E-state index contributed by atoms with van der Waals surface area (Å²) in [7, 11) is 1.56. The fraction of sp³-hybridized carbons (Fsp3) is 0.357. The summed E-state index contributed by atoms with van der Waals surface area (Å²) in [6.07, 6.45) is 2.10. The summed E-state index contributed by atoms with van der Waals surface area (Å²) in [5, 5.41) is 12.6. The van der Waals surface area contributed by atoms with Crippen LogP contribution in [0.5, 0.6) is 0 Å². The Morgan fingerprint density at radius 1 is 1.55 bits per heavy atom. The zero-order valence-corrected chi connectivity index (χ0v) is 11.3. The van der Waals surface area contributed by atoms with Crippen molar-refractivity contribution in [2.45, 2.75) is 12.5 Å². The van der Waals surface area contributed by atoms with Crippen LogP contribution in [0.1, 0.15) is 16.8 Å². The lowest BCUT2D eigenvalue weighted by molar-refractivity contribution is 0.0880. The molecule has 0 saturated heterocycles. The third-order valence-corrected chi connectivity index (χ3v) is 3.13. The van der Waals surface area contributed by atoms with Gasteiger partial charge in [0.25, 0.3) is 5.91 Å². The van der Waals surface area contributed by atoms with Gasteiger partial charge in [-0.3, -0.25) is 4.79 Å². The van der Waals surface area contributed by atoms with E-state index < -0.39 is 0 Å². The van der Waals surface area contributed by atoms with Gasteiger partial charge in [0.2, 0.25) is 0 Å². The molecule has 1 atom stereocenters. The molecule has 0 aliphatic carbocycles. The van der Waals surface area contributed by atoms with Crippen LogP contribution in [0.15, 0.2) is 24.4 Å². The van der Waals surface area contributed by atoms with E-state index in [0.717, 1.165) is 10.9 Å². The van der Waals surface area contributed by atoms with Gasteiger partial charge in [0.1, 0.15) is 0 Å². The molecule has 20 heavy (non-hydrogen) atoms. The number of rotatable bonds is 6. The number of nitrogens with two attached hydrogens (primary N) is 1. The van der Waals surface area contributed by atoms with Crippen LogP contribution in [0.3, 0.4) is 0 Å². The fourth-order valence-corrected chi connectivity index (χ4v) is 2.14. The van der Waals surface area contributed by atoms with Gasteiger partial charge in [-0.25, -0.2) is 0 Å². The molecule has 1 unspecified atom stereocenters. The van der Waals surface area contributed by atoms with E-state index in [-0.39, 0.29) is 18.6 Å². The summed E-state index contributed by atoms with van der Waals surface area (Å²) >= 11 is 0. The molecule has 6 heteroatoms. The van der Waals surface area contributed by atoms with Crippen LogP contribution < -0.4 is 11.1 Å². The number of anilines is 1. The van der Waals surface area contributed by atoms with Gasteiger partial charge in [0.05, 0.1) is 18.2 Å². The maximum absolute atomic E-state index is 12.3. The predicted molar refractivity (Wildman–Crippen MR) is 77.5 cm³/mol. The van der Waals surface area contributed by atoms with E-state index in [1.54, 1.807) is 25.4 Å². The normalized spacial score (nSPS) is 12.5. The van der Waals surface area contributed by atoms with Gasteiger partial charge in [0, 0.05) is 36.5 Å². The standard InChI is InChI=1S/C14H19N3O3/c1-20-8-10(4-5-18)17-14(19)12-7-16-13-3-2-9(15)6-11(12)13/h2-3,6-7,10,16,18H,4-5,8,15H2,1H3,(H,17,19). The summed E-state index contributed by atoms with van der Waals surface area (Å²) < 4.78 is 5.03. The molecule has 0 aliphatic heterocycles. The van der Waals surface area contributed by atoms with Crippen molar-refractivity contribution in [1.29, 1.82) is 0 Å². The highest BCUT2D eigenvalue weighted by atomic mass is 16.5. The quantitative estimate of drug-likeness (QED) is 0.589. The minimum absolute atomic E-state index is 0.00482. The molecule has 0 bridgehead atoms. The number of methoxy groups -OCH3 is 1. The molecule has 5 N–H and O–H groups in total. The number of nitrogen functional groups attached to an aromatic ring is 1. The van der Waals surface area contributed by atoms with Crippen LogP contribution in [-0.2, 0) is 4.74 Å². The number of H-pyrrole nitrogens is 1. The summed E-state index contributed by atoms with van der Waals surface area (Å²) in [5.74, 6) is -0.211. The Bertz CT molecular complexity index is 588. The molecular formula is C14H19N3O3. The third-order valence-electron chi connectivity index (χ3n) is 3.13. The van der Waals surface area contributed by atoms with Crippen LogP contribution >= 0.6 is 0 Å². The number of carbonyl (C=O) groups is 1. The van der Waals surface area contributed by atoms with Crippen LogP contribution in [-0.4, -0.2) is 42.4 Å². The Hall–Kier alpha value is -2.05. The van der Waals surface area contributed by atoms with Crippen molar-refractivity contribution < 1.29 is 14.6 Å². The van der Waals surface area contributed by atoms with E-state index in [1.165, 1.54) is 0 Å². The van der Waals surface area contributed by atoms with E-state index in [2.05, 4.69) is 10.3 Å². The number of aliphatic hydroxyl groups excluding tert-OH is 1. The van der Waals surface area contributed by atoms with Crippen molar-refractivity contribution in [3.05, 3.63) is 30.0 Å². The highest BCUT2D eigenvalue weighted by Crippen LogP contribution is 2.21. The zero-order valence-electron chi connectivity index (χ0n) is 11.3. The number of nitrogens with one attached hydrogen (secondary N) is 2. The lowest BCUT2D eigenvalue weighted by Gasteiger charge is -2.16. The first kappa shape index (κ1) is 14.4. The van der Waals surface area contributed by atoms with Gasteiger partial charge in [-0.1, -0.05) is 0 Å². The van der Waals surface area contributed by atoms with Crippen molar-refractivity contribution in [3.8, 4) is 0 Å². The van der Waals surface area contributed by atoms with Crippen molar-refractivity contribution in [1.82, 2.24) is 10.3 Å². The number of benzene rings is 1. The number of hydrogen-bond acceptors (Lipinski definition) is 4. The fourth-order valence-electron chi connectivity index (χ4n) is 2.14. The SMILES string of the molecule is COCC(CCO)NC(=O)c1c[nH]c2ccc(N)cc12. The highest BCUT2D eigenvalue weighted by molar-refractivity contribution is 6.07. The minimum atomic E-state index is -0.219. The topological polar surface area (TPSA) is 100 Å². The molecule has 0 aliphatic rings. The first-order chi connectivity index (χ1) is 9.65. The first-order valence-electron chi connectivity index (χ1n) is 6.43. The number of amides is 1. The van der Waals surface area contributed by atoms with Crippen molar-refractivity contribution >= 4 is 22.5 Å². The second kappa shape index (κ2) is 6.40. The average Bonchev–Trinajstić information content (AvgIpc) is 2.82. The van der Waals surface area contributed by atoms with Crippen molar-refractivity contribution in [3.63, 3.8) is 0 Å². The van der Waals surface area contributed by atoms with Crippen LogP contribution in [0, 0.1) is 0 Å². The van der Waals surface area contributed by atoms with E-state index in [9.17, 15) is 4.79 Å². The predicted octanol–water partition coefficient (Wildman–Crippen LogP) is 0.877. The Balaban J connectivity index is 2.20. The number of fused-ring (bicyclic) bond motifs is 1. The summed E-state index contributed by atoms with van der Waals surface area (Å²) in [6, 6.07) is 5.16. The van der Waals surface area contributed by atoms with Crippen LogP contribution in [0.2, 0.25) is 0 Å². The van der Waals surface area contributed by atoms with Crippen LogP contribution in [0.25, 0.3) is 10.9 Å². The van der Waals surface area contributed by atoms with Gasteiger partial charge in [-0.2, -0.15) is 0 Å². The van der Waals surface area contributed by atoms with E-state index >= 15 is 0 Å². The van der Waals surface area contributed by atoms with Gasteiger partial charge < -0.3 is 25.9 Å². The van der Waals surface area contributed by atoms with Crippen molar-refractivity contribution in [2.75, 3.05) is 26.1 Å². The summed E-state index contributed by atoms with van der Waals surface area (Å²) in [4.78, 5) is 15.3. The Morgan fingerprint density at radius 2 is 2.35 bits per heavy atom. The zero-order chi connectivity index (χ0) is 14.5. The molecule has 0 radical (unpaired) electrons. The van der Waals surface area contributed by atoms with E-state index in [4.69, 9.17) is 15.6 Å². The highest BCUT2D eigenvalue weighted by Gasteiger charge is 2.16. The van der Waals surface area contributed by atoms with Crippen LogP contribution in [0.4, 0.5) is 5.69 Å². The molecule has 108 valence electrons. The molecule has 0 saturated carbocycles. The summed E-state index contributed by atoms with van der Waals surface area (Å²) in [5.41, 5.74) is 7.75. The monoisotopic (exact) mass is 277 g/mol. The second-order valence-electron chi connectivity index (χ2n) is 4.65. The number of aromatic nitrogens is 1. The van der Waals surface area contributed by atoms with E-state index in [0.29, 0.717) is 24.3 Å². The Kier molecular flexibility index (Phi) is 4.60. The molecule has 6 nitrogen and oxygen atoms in total. The number of ether oxygens (including phenoxy) is 1. The average molecular weight is 277 g/mol. The molecule has 1 aromatic carbocycles. The summed E-state index contributed by atoms with van der Waals surface area (Å²) in [6.45, 7) is 0.353. The molecule has 2 rings (SSSR count). The van der Waals surface area contributed by atoms with Gasteiger partial charge in [-0.15, -0.1) is 0 Å². The molecule has 1 heterocycles. The Morgan fingerprint density at radius 3 is 3.05 bits per heavy atom. The first-order valence-corrected chi connectivity index (χ1v) is 6.43. The van der Waals surface area contributed by atoms with Gasteiger partial charge in [0.15, 0.2) is 0 Å². The van der Waals surface area contributed by atoms with Gasteiger partial charge in [-0.05, 0) is 24.6 Å². The molecule has 1 aromatic heterocycles. The molecule has 0 fully saturated rings.